The second-order valence-corrected chi connectivity index (χ2v) is 6.82. The van der Waals surface area contributed by atoms with Gasteiger partial charge in [-0.25, -0.2) is 4.98 Å². The van der Waals surface area contributed by atoms with Crippen molar-refractivity contribution in [3.05, 3.63) is 60.1 Å². The molecule has 4 rings (SSSR count). The fourth-order valence-electron chi connectivity index (χ4n) is 3.40. The largest absolute Gasteiger partial charge is 0.467 e. The van der Waals surface area contributed by atoms with Gasteiger partial charge in [-0.2, -0.15) is 13.2 Å². The highest BCUT2D eigenvalue weighted by atomic mass is 19.4. The second-order valence-electron chi connectivity index (χ2n) is 6.82. The molecule has 8 heteroatoms. The molecule has 146 valence electrons. The number of fused-ring (bicyclic) bond motifs is 1. The van der Waals surface area contributed by atoms with Crippen LogP contribution in [0.4, 0.5) is 19.1 Å². The molecule has 0 radical (unpaired) electrons. The number of hydrogen-bond donors (Lipinski definition) is 1. The van der Waals surface area contributed by atoms with Crippen LogP contribution in [0.15, 0.2) is 53.2 Å². The van der Waals surface area contributed by atoms with Crippen LogP contribution >= 0.6 is 0 Å². The van der Waals surface area contributed by atoms with E-state index in [2.05, 4.69) is 10.3 Å². The number of furan rings is 1. The standard InChI is InChI=1S/C20H18F3N3O2/c21-20(22,23)14-7-8-17-16(11-14)24-19(26(17)12-15-6-3-9-28-15)25-18(27)10-13-4-1-2-5-13/h1,3-4,6-9,11,13H,2,5,10,12H2,(H,24,25,27). The van der Waals surface area contributed by atoms with E-state index in [0.29, 0.717) is 17.7 Å². The number of nitrogens with zero attached hydrogens (tertiary/aromatic N) is 2. The minimum absolute atomic E-state index is 0.164. The number of anilines is 1. The maximum Gasteiger partial charge on any atom is 0.416 e. The molecule has 1 aromatic carbocycles. The van der Waals surface area contributed by atoms with E-state index in [1.807, 2.05) is 12.2 Å². The number of aromatic nitrogens is 2. The number of carbonyl (C=O) groups is 1. The Bertz CT molecular complexity index is 1020. The van der Waals surface area contributed by atoms with Gasteiger partial charge >= 0.3 is 6.18 Å². The number of alkyl halides is 3. The maximum atomic E-state index is 13.0. The van der Waals surface area contributed by atoms with E-state index in [1.165, 1.54) is 12.3 Å². The quantitative estimate of drug-likeness (QED) is 0.626. The molecule has 0 saturated heterocycles. The number of allylic oxidation sites excluding steroid dienone is 2. The van der Waals surface area contributed by atoms with Crippen LogP contribution < -0.4 is 5.32 Å². The Kier molecular flexibility index (Phi) is 4.70. The molecule has 1 atom stereocenters. The lowest BCUT2D eigenvalue weighted by Crippen LogP contribution is -2.18. The average molecular weight is 389 g/mol. The first-order chi connectivity index (χ1) is 13.4. The van der Waals surface area contributed by atoms with Crippen LogP contribution in [0, 0.1) is 5.92 Å². The summed E-state index contributed by atoms with van der Waals surface area (Å²) in [6.07, 6.45) is 3.30. The third-order valence-electron chi connectivity index (χ3n) is 4.78. The maximum absolute atomic E-state index is 13.0. The summed E-state index contributed by atoms with van der Waals surface area (Å²) < 4.78 is 46.1. The molecule has 1 unspecified atom stereocenters. The Morgan fingerprint density at radius 2 is 2.18 bits per heavy atom. The van der Waals surface area contributed by atoms with Crippen LogP contribution in [-0.4, -0.2) is 15.5 Å². The summed E-state index contributed by atoms with van der Waals surface area (Å²) in [7, 11) is 0. The molecular formula is C20H18F3N3O2. The van der Waals surface area contributed by atoms with Crippen molar-refractivity contribution in [1.29, 1.82) is 0 Å². The van der Waals surface area contributed by atoms with Gasteiger partial charge in [0.25, 0.3) is 0 Å². The lowest BCUT2D eigenvalue weighted by molar-refractivity contribution is -0.137. The number of carbonyl (C=O) groups excluding carboxylic acids is 1. The zero-order valence-corrected chi connectivity index (χ0v) is 14.9. The number of imidazole rings is 1. The van der Waals surface area contributed by atoms with E-state index in [0.717, 1.165) is 25.0 Å². The Morgan fingerprint density at radius 1 is 1.32 bits per heavy atom. The fraction of sp³-hybridized carbons (Fsp3) is 0.300. The first-order valence-electron chi connectivity index (χ1n) is 8.96. The van der Waals surface area contributed by atoms with Crippen molar-refractivity contribution < 1.29 is 22.4 Å². The minimum Gasteiger partial charge on any atom is -0.467 e. The summed E-state index contributed by atoms with van der Waals surface area (Å²) in [5.74, 6) is 0.773. The van der Waals surface area contributed by atoms with Gasteiger partial charge in [0.05, 0.1) is 29.4 Å². The number of rotatable bonds is 5. The van der Waals surface area contributed by atoms with E-state index in [-0.39, 0.29) is 29.8 Å². The molecule has 1 aliphatic rings. The fourth-order valence-corrected chi connectivity index (χ4v) is 3.40. The molecule has 0 spiro atoms. The van der Waals surface area contributed by atoms with Gasteiger partial charge in [0.1, 0.15) is 5.76 Å². The number of benzene rings is 1. The third-order valence-corrected chi connectivity index (χ3v) is 4.78. The number of halogens is 3. The predicted octanol–water partition coefficient (Wildman–Crippen LogP) is 4.99. The van der Waals surface area contributed by atoms with E-state index in [1.54, 1.807) is 16.7 Å². The van der Waals surface area contributed by atoms with E-state index >= 15 is 0 Å². The predicted molar refractivity (Wildman–Crippen MR) is 97.7 cm³/mol. The summed E-state index contributed by atoms with van der Waals surface area (Å²) in [6, 6.07) is 6.84. The van der Waals surface area contributed by atoms with Gasteiger partial charge < -0.3 is 8.98 Å². The van der Waals surface area contributed by atoms with Crippen molar-refractivity contribution in [1.82, 2.24) is 9.55 Å². The van der Waals surface area contributed by atoms with E-state index in [4.69, 9.17) is 4.42 Å². The van der Waals surface area contributed by atoms with E-state index < -0.39 is 11.7 Å². The molecule has 0 fully saturated rings. The summed E-state index contributed by atoms with van der Waals surface area (Å²) in [5, 5.41) is 2.75. The highest BCUT2D eigenvalue weighted by Gasteiger charge is 2.31. The molecule has 0 bridgehead atoms. The highest BCUT2D eigenvalue weighted by molar-refractivity contribution is 5.92. The van der Waals surface area contributed by atoms with Crippen LogP contribution in [0.2, 0.25) is 0 Å². The minimum atomic E-state index is -4.46. The van der Waals surface area contributed by atoms with E-state index in [9.17, 15) is 18.0 Å². The molecule has 1 N–H and O–H groups in total. The zero-order valence-electron chi connectivity index (χ0n) is 14.9. The first kappa shape index (κ1) is 18.3. The molecule has 0 saturated carbocycles. The molecule has 3 aromatic rings. The molecule has 1 amide bonds. The van der Waals surface area contributed by atoms with Gasteiger partial charge in [0, 0.05) is 6.42 Å². The van der Waals surface area contributed by atoms with Gasteiger partial charge in [0.15, 0.2) is 0 Å². The van der Waals surface area contributed by atoms with Gasteiger partial charge in [-0.3, -0.25) is 10.1 Å². The smallest absolute Gasteiger partial charge is 0.416 e. The van der Waals surface area contributed by atoms with Crippen molar-refractivity contribution in [2.24, 2.45) is 5.92 Å². The van der Waals surface area contributed by atoms with Gasteiger partial charge in [-0.15, -0.1) is 0 Å². The van der Waals surface area contributed by atoms with Crippen molar-refractivity contribution in [3.63, 3.8) is 0 Å². The van der Waals surface area contributed by atoms with Gasteiger partial charge in [-0.05, 0) is 49.1 Å². The highest BCUT2D eigenvalue weighted by Crippen LogP contribution is 2.32. The van der Waals surface area contributed by atoms with Crippen LogP contribution in [0.3, 0.4) is 0 Å². The normalized spacial score (nSPS) is 16.8. The molecule has 5 nitrogen and oxygen atoms in total. The third kappa shape index (κ3) is 3.81. The summed E-state index contributed by atoms with van der Waals surface area (Å²) in [6.45, 7) is 0.244. The molecule has 2 aromatic heterocycles. The van der Waals surface area contributed by atoms with Crippen LogP contribution in [0.1, 0.15) is 30.6 Å². The Hall–Kier alpha value is -3.03. The van der Waals surface area contributed by atoms with Crippen molar-refractivity contribution in [2.75, 3.05) is 5.32 Å². The average Bonchev–Trinajstić information content (AvgIpc) is 3.37. The lowest BCUT2D eigenvalue weighted by atomic mass is 10.1. The van der Waals surface area contributed by atoms with Crippen molar-refractivity contribution in [2.45, 2.75) is 32.0 Å². The van der Waals surface area contributed by atoms with Crippen LogP contribution in [0.25, 0.3) is 11.0 Å². The summed E-state index contributed by atoms with van der Waals surface area (Å²) in [5.41, 5.74) is -0.130. The topological polar surface area (TPSA) is 60.1 Å². The number of amides is 1. The Balaban J connectivity index is 1.67. The molecular weight excluding hydrogens is 371 g/mol. The van der Waals surface area contributed by atoms with Crippen molar-refractivity contribution >= 4 is 22.9 Å². The molecule has 0 aliphatic heterocycles. The van der Waals surface area contributed by atoms with Crippen LogP contribution in [-0.2, 0) is 17.5 Å². The molecule has 28 heavy (non-hydrogen) atoms. The monoisotopic (exact) mass is 389 g/mol. The van der Waals surface area contributed by atoms with Gasteiger partial charge in [-0.1, -0.05) is 12.2 Å². The zero-order chi connectivity index (χ0) is 19.7. The van der Waals surface area contributed by atoms with Gasteiger partial charge in [0.2, 0.25) is 11.9 Å². The Labute approximate surface area is 158 Å². The second kappa shape index (κ2) is 7.18. The van der Waals surface area contributed by atoms with Crippen molar-refractivity contribution in [3.8, 4) is 0 Å². The first-order valence-corrected chi connectivity index (χ1v) is 8.96. The lowest BCUT2D eigenvalue weighted by Gasteiger charge is -2.11. The SMILES string of the molecule is O=C(CC1C=CCC1)Nc1nc2cc(C(F)(F)F)ccc2n1Cc1ccco1. The van der Waals surface area contributed by atoms with Crippen LogP contribution in [0.5, 0.6) is 0 Å². The Morgan fingerprint density at radius 3 is 2.86 bits per heavy atom. The number of nitrogens with one attached hydrogen (secondary N) is 1. The summed E-state index contributed by atoms with van der Waals surface area (Å²) >= 11 is 0. The molecule has 2 heterocycles. The summed E-state index contributed by atoms with van der Waals surface area (Å²) in [4.78, 5) is 16.7. The molecule has 1 aliphatic carbocycles. The number of hydrogen-bond acceptors (Lipinski definition) is 3.